The summed E-state index contributed by atoms with van der Waals surface area (Å²) in [6.07, 6.45) is 1.33. The van der Waals surface area contributed by atoms with Crippen LogP contribution in [0.3, 0.4) is 0 Å². The molecule has 136 valence electrons. The van der Waals surface area contributed by atoms with Crippen LogP contribution in [0.5, 0.6) is 5.75 Å². The van der Waals surface area contributed by atoms with Gasteiger partial charge in [-0.15, -0.1) is 0 Å². The van der Waals surface area contributed by atoms with E-state index in [0.717, 1.165) is 15.2 Å². The van der Waals surface area contributed by atoms with Crippen molar-refractivity contribution in [3.8, 4) is 5.75 Å². The third kappa shape index (κ3) is 4.68. The van der Waals surface area contributed by atoms with Crippen LogP contribution in [0.2, 0.25) is 0 Å². The maximum absolute atomic E-state index is 11.9. The van der Waals surface area contributed by atoms with Gasteiger partial charge in [-0.3, -0.25) is 14.9 Å². The summed E-state index contributed by atoms with van der Waals surface area (Å²) in [5.74, 6) is 0.100. The first-order chi connectivity index (χ1) is 13.0. The van der Waals surface area contributed by atoms with E-state index in [1.165, 1.54) is 18.3 Å². The summed E-state index contributed by atoms with van der Waals surface area (Å²) >= 11 is 3.49. The zero-order chi connectivity index (χ0) is 19.2. The Bertz CT molecular complexity index is 1040. The fourth-order valence-corrected chi connectivity index (χ4v) is 3.01. The molecule has 0 saturated carbocycles. The molecule has 0 aliphatic heterocycles. The van der Waals surface area contributed by atoms with Gasteiger partial charge in [0.2, 0.25) is 0 Å². The normalized spacial score (nSPS) is 10.9. The van der Waals surface area contributed by atoms with Crippen molar-refractivity contribution in [2.24, 2.45) is 5.10 Å². The van der Waals surface area contributed by atoms with E-state index in [2.05, 4.69) is 26.5 Å². The number of rotatable bonds is 6. The standard InChI is InChI=1S/C19H14BrN3O4/c20-19-16-7-2-1-5-14(16)8-9-17(19)27-12-18(24)22-21-11-13-4-3-6-15(10-13)23(25)26/h1-11H,12H2,(H,22,24)/b21-11+. The highest BCUT2D eigenvalue weighted by Crippen LogP contribution is 2.32. The molecule has 3 aromatic rings. The van der Waals surface area contributed by atoms with Crippen LogP contribution in [-0.2, 0) is 4.79 Å². The number of benzene rings is 3. The molecule has 27 heavy (non-hydrogen) atoms. The van der Waals surface area contributed by atoms with Gasteiger partial charge in [-0.05, 0) is 32.8 Å². The number of carbonyl (C=O) groups excluding carboxylic acids is 1. The molecule has 0 fully saturated rings. The lowest BCUT2D eigenvalue weighted by atomic mass is 10.1. The molecule has 0 aromatic heterocycles. The molecular weight excluding hydrogens is 414 g/mol. The van der Waals surface area contributed by atoms with Crippen LogP contribution < -0.4 is 10.2 Å². The van der Waals surface area contributed by atoms with Gasteiger partial charge in [-0.2, -0.15) is 5.10 Å². The van der Waals surface area contributed by atoms with Crippen LogP contribution in [-0.4, -0.2) is 23.7 Å². The second kappa shape index (κ2) is 8.41. The number of non-ortho nitro benzene ring substituents is 1. The van der Waals surface area contributed by atoms with Crippen LogP contribution in [0.15, 0.2) is 70.2 Å². The summed E-state index contributed by atoms with van der Waals surface area (Å²) in [6, 6.07) is 17.4. The van der Waals surface area contributed by atoms with E-state index in [4.69, 9.17) is 4.74 Å². The van der Waals surface area contributed by atoms with Gasteiger partial charge in [0, 0.05) is 17.7 Å². The third-order valence-corrected chi connectivity index (χ3v) is 4.49. The number of nitro benzene ring substituents is 1. The van der Waals surface area contributed by atoms with Crippen molar-refractivity contribution in [1.29, 1.82) is 0 Å². The monoisotopic (exact) mass is 427 g/mol. The molecule has 0 radical (unpaired) electrons. The molecule has 0 atom stereocenters. The Morgan fingerprint density at radius 3 is 2.81 bits per heavy atom. The SMILES string of the molecule is O=C(COc1ccc2ccccc2c1Br)N/N=C/c1cccc([N+](=O)[O-])c1. The lowest BCUT2D eigenvalue weighted by molar-refractivity contribution is -0.384. The highest BCUT2D eigenvalue weighted by atomic mass is 79.9. The van der Waals surface area contributed by atoms with Crippen molar-refractivity contribution in [3.05, 3.63) is 80.8 Å². The van der Waals surface area contributed by atoms with E-state index >= 15 is 0 Å². The zero-order valence-electron chi connectivity index (χ0n) is 14.0. The first kappa shape index (κ1) is 18.5. The van der Waals surface area contributed by atoms with E-state index in [-0.39, 0.29) is 12.3 Å². The van der Waals surface area contributed by atoms with Crippen LogP contribution in [0.25, 0.3) is 10.8 Å². The summed E-state index contributed by atoms with van der Waals surface area (Å²) in [7, 11) is 0. The molecule has 0 unspecified atom stereocenters. The number of hydrogen-bond donors (Lipinski definition) is 1. The van der Waals surface area contributed by atoms with Crippen LogP contribution >= 0.6 is 15.9 Å². The number of nitrogens with zero attached hydrogens (tertiary/aromatic N) is 2. The van der Waals surface area contributed by atoms with E-state index in [1.807, 2.05) is 30.3 Å². The fourth-order valence-electron chi connectivity index (χ4n) is 2.40. The highest BCUT2D eigenvalue weighted by molar-refractivity contribution is 9.10. The summed E-state index contributed by atoms with van der Waals surface area (Å²) < 4.78 is 6.31. The van der Waals surface area contributed by atoms with Gasteiger partial charge in [-0.25, -0.2) is 5.43 Å². The van der Waals surface area contributed by atoms with E-state index in [9.17, 15) is 14.9 Å². The third-order valence-electron chi connectivity index (χ3n) is 3.67. The minimum Gasteiger partial charge on any atom is -0.483 e. The second-order valence-electron chi connectivity index (χ2n) is 5.53. The molecule has 1 N–H and O–H groups in total. The van der Waals surface area contributed by atoms with Crippen LogP contribution in [0, 0.1) is 10.1 Å². The molecule has 0 aliphatic carbocycles. The van der Waals surface area contributed by atoms with Gasteiger partial charge >= 0.3 is 0 Å². The number of amides is 1. The minimum atomic E-state index is -0.495. The Morgan fingerprint density at radius 2 is 2.00 bits per heavy atom. The molecule has 0 saturated heterocycles. The molecule has 0 heterocycles. The van der Waals surface area contributed by atoms with Gasteiger partial charge in [0.15, 0.2) is 6.61 Å². The molecule has 0 spiro atoms. The van der Waals surface area contributed by atoms with E-state index in [0.29, 0.717) is 11.3 Å². The molecule has 7 nitrogen and oxygen atoms in total. The fraction of sp³-hybridized carbons (Fsp3) is 0.0526. The Labute approximate surface area is 162 Å². The number of ether oxygens (including phenoxy) is 1. The van der Waals surface area contributed by atoms with Crippen molar-refractivity contribution >= 4 is 44.5 Å². The zero-order valence-corrected chi connectivity index (χ0v) is 15.5. The average Bonchev–Trinajstić information content (AvgIpc) is 2.68. The van der Waals surface area contributed by atoms with Gasteiger partial charge in [0.25, 0.3) is 11.6 Å². The maximum Gasteiger partial charge on any atom is 0.277 e. The van der Waals surface area contributed by atoms with Crippen molar-refractivity contribution in [2.75, 3.05) is 6.61 Å². The average molecular weight is 428 g/mol. The lowest BCUT2D eigenvalue weighted by Gasteiger charge is -2.09. The van der Waals surface area contributed by atoms with Gasteiger partial charge in [0.1, 0.15) is 5.75 Å². The molecule has 8 heteroatoms. The van der Waals surface area contributed by atoms with Crippen LogP contribution in [0.4, 0.5) is 5.69 Å². The number of carbonyl (C=O) groups is 1. The van der Waals surface area contributed by atoms with Crippen molar-refractivity contribution in [1.82, 2.24) is 5.43 Å². The van der Waals surface area contributed by atoms with Crippen molar-refractivity contribution in [3.63, 3.8) is 0 Å². The molecular formula is C19H14BrN3O4. The summed E-state index contributed by atoms with van der Waals surface area (Å²) in [5.41, 5.74) is 2.78. The summed E-state index contributed by atoms with van der Waals surface area (Å²) in [5, 5.41) is 16.6. The lowest BCUT2D eigenvalue weighted by Crippen LogP contribution is -2.24. The van der Waals surface area contributed by atoms with Gasteiger partial charge in [-0.1, -0.05) is 42.5 Å². The van der Waals surface area contributed by atoms with Crippen molar-refractivity contribution in [2.45, 2.75) is 0 Å². The predicted octanol–water partition coefficient (Wildman–Crippen LogP) is 4.04. The molecule has 0 aliphatic rings. The number of nitrogens with one attached hydrogen (secondary N) is 1. The summed E-state index contributed by atoms with van der Waals surface area (Å²) in [6.45, 7) is -0.219. The first-order valence-electron chi connectivity index (χ1n) is 7.91. The number of fused-ring (bicyclic) bond motifs is 1. The number of hydrogen-bond acceptors (Lipinski definition) is 5. The Kier molecular flexibility index (Phi) is 5.77. The topological polar surface area (TPSA) is 93.8 Å². The number of halogens is 1. The van der Waals surface area contributed by atoms with Crippen LogP contribution in [0.1, 0.15) is 5.56 Å². The smallest absolute Gasteiger partial charge is 0.277 e. The quantitative estimate of drug-likeness (QED) is 0.364. The Hall–Kier alpha value is -3.26. The number of nitro groups is 1. The van der Waals surface area contributed by atoms with E-state index < -0.39 is 10.8 Å². The maximum atomic E-state index is 11.9. The minimum absolute atomic E-state index is 0.0465. The summed E-state index contributed by atoms with van der Waals surface area (Å²) in [4.78, 5) is 22.1. The Morgan fingerprint density at radius 1 is 1.19 bits per heavy atom. The van der Waals surface area contributed by atoms with Gasteiger partial charge in [0.05, 0.1) is 15.6 Å². The van der Waals surface area contributed by atoms with E-state index in [1.54, 1.807) is 18.2 Å². The Balaban J connectivity index is 1.58. The molecule has 1 amide bonds. The molecule has 3 rings (SSSR count). The highest BCUT2D eigenvalue weighted by Gasteiger charge is 2.08. The second-order valence-corrected chi connectivity index (χ2v) is 6.33. The molecule has 0 bridgehead atoms. The van der Waals surface area contributed by atoms with Crippen molar-refractivity contribution < 1.29 is 14.5 Å². The predicted molar refractivity (Wildman–Crippen MR) is 106 cm³/mol. The molecule has 3 aromatic carbocycles. The van der Waals surface area contributed by atoms with Gasteiger partial charge < -0.3 is 4.74 Å². The largest absolute Gasteiger partial charge is 0.483 e. The first-order valence-corrected chi connectivity index (χ1v) is 8.70. The number of hydrazone groups is 1.